The molecule has 1 unspecified atom stereocenters. The van der Waals surface area contributed by atoms with Crippen LogP contribution in [0, 0.1) is 5.82 Å². The maximum Gasteiger partial charge on any atom is 0.327 e. The van der Waals surface area contributed by atoms with Gasteiger partial charge in [0.15, 0.2) is 0 Å². The quantitative estimate of drug-likeness (QED) is 0.930. The van der Waals surface area contributed by atoms with E-state index in [1.807, 2.05) is 0 Å². The number of benzene rings is 1. The number of nitrogens with zero attached hydrogens (tertiary/aromatic N) is 2. The number of halogens is 1. The van der Waals surface area contributed by atoms with E-state index < -0.39 is 23.9 Å². The lowest BCUT2D eigenvalue weighted by Crippen LogP contribution is -2.55. The Hall–Kier alpha value is -1.76. The number of carbonyl (C=O) groups is 2. The lowest BCUT2D eigenvalue weighted by molar-refractivity contribution is -0.141. The first-order chi connectivity index (χ1) is 10.1. The number of aliphatic carboxylic acids is 1. The van der Waals surface area contributed by atoms with E-state index in [4.69, 9.17) is 0 Å². The summed E-state index contributed by atoms with van der Waals surface area (Å²) < 4.78 is 13.9. The number of carboxylic acid groups (broad SMARTS) is 1. The molecule has 2 rings (SSSR count). The zero-order valence-corrected chi connectivity index (χ0v) is 12.5. The summed E-state index contributed by atoms with van der Waals surface area (Å²) in [5, 5.41) is 9.24. The number of carboxylic acids is 1. The number of para-hydroxylation sites is 1. The summed E-state index contributed by atoms with van der Waals surface area (Å²) in [5.41, 5.74) is 0.173. The van der Waals surface area contributed by atoms with Crippen molar-refractivity contribution in [2.75, 3.05) is 29.5 Å². The summed E-state index contributed by atoms with van der Waals surface area (Å²) in [7, 11) is 0. The van der Waals surface area contributed by atoms with Gasteiger partial charge in [-0.2, -0.15) is 11.8 Å². The minimum absolute atomic E-state index is 0.173. The van der Waals surface area contributed by atoms with Gasteiger partial charge in [-0.05, 0) is 19.1 Å². The maximum atomic E-state index is 13.9. The van der Waals surface area contributed by atoms with Crippen LogP contribution in [0.25, 0.3) is 0 Å². The van der Waals surface area contributed by atoms with Crippen molar-refractivity contribution in [2.24, 2.45) is 0 Å². The Morgan fingerprint density at radius 2 is 2.19 bits per heavy atom. The molecular weight excluding hydrogens is 295 g/mol. The normalized spacial score (nSPS) is 18.4. The summed E-state index contributed by atoms with van der Waals surface area (Å²) in [4.78, 5) is 26.5. The first-order valence-electron chi connectivity index (χ1n) is 6.69. The van der Waals surface area contributed by atoms with Gasteiger partial charge in [-0.3, -0.25) is 4.90 Å². The van der Waals surface area contributed by atoms with E-state index >= 15 is 0 Å². The summed E-state index contributed by atoms with van der Waals surface area (Å²) in [5.74, 6) is -0.480. The zero-order chi connectivity index (χ0) is 15.4. The van der Waals surface area contributed by atoms with Crippen molar-refractivity contribution >= 4 is 29.4 Å². The van der Waals surface area contributed by atoms with Gasteiger partial charge in [0.1, 0.15) is 11.9 Å². The Kier molecular flexibility index (Phi) is 5.06. The summed E-state index contributed by atoms with van der Waals surface area (Å²) >= 11 is 1.50. The first-order valence-corrected chi connectivity index (χ1v) is 7.85. The topological polar surface area (TPSA) is 60.9 Å². The van der Waals surface area contributed by atoms with Crippen molar-refractivity contribution < 1.29 is 19.1 Å². The average Bonchev–Trinajstić information content (AvgIpc) is 2.49. The van der Waals surface area contributed by atoms with Crippen LogP contribution in [0.15, 0.2) is 24.3 Å². The second-order valence-corrected chi connectivity index (χ2v) is 5.75. The molecule has 1 N–H and O–H groups in total. The van der Waals surface area contributed by atoms with Gasteiger partial charge in [0, 0.05) is 24.6 Å². The van der Waals surface area contributed by atoms with E-state index in [1.165, 1.54) is 33.7 Å². The van der Waals surface area contributed by atoms with Crippen LogP contribution in [0.2, 0.25) is 0 Å². The number of rotatable bonds is 3. The molecular formula is C14H17FN2O3S. The number of hydrogen-bond donors (Lipinski definition) is 1. The molecule has 5 nitrogen and oxygen atoms in total. The van der Waals surface area contributed by atoms with E-state index in [9.17, 15) is 19.1 Å². The minimum atomic E-state index is -1.03. The van der Waals surface area contributed by atoms with Gasteiger partial charge >= 0.3 is 12.0 Å². The predicted octanol–water partition coefficient (Wildman–Crippen LogP) is 2.27. The van der Waals surface area contributed by atoms with Crippen molar-refractivity contribution in [1.82, 2.24) is 4.90 Å². The third-order valence-corrected chi connectivity index (χ3v) is 4.37. The van der Waals surface area contributed by atoms with Gasteiger partial charge in [-0.15, -0.1) is 0 Å². The summed E-state index contributed by atoms with van der Waals surface area (Å²) in [6, 6.07) is 4.67. The third kappa shape index (κ3) is 3.29. The molecule has 1 aliphatic rings. The number of anilines is 1. The Balaban J connectivity index is 2.27. The van der Waals surface area contributed by atoms with Crippen LogP contribution in [0.1, 0.15) is 6.92 Å². The highest BCUT2D eigenvalue weighted by Crippen LogP contribution is 2.23. The van der Waals surface area contributed by atoms with Crippen LogP contribution in [-0.2, 0) is 4.79 Å². The van der Waals surface area contributed by atoms with Crippen LogP contribution in [0.4, 0.5) is 14.9 Å². The molecule has 21 heavy (non-hydrogen) atoms. The van der Waals surface area contributed by atoms with E-state index in [1.54, 1.807) is 19.1 Å². The second-order valence-electron chi connectivity index (χ2n) is 4.60. The third-order valence-electron chi connectivity index (χ3n) is 3.35. The number of urea groups is 1. The number of hydrogen-bond acceptors (Lipinski definition) is 3. The fourth-order valence-electron chi connectivity index (χ4n) is 2.27. The van der Waals surface area contributed by atoms with Crippen molar-refractivity contribution in [3.8, 4) is 0 Å². The fraction of sp³-hybridized carbons (Fsp3) is 0.429. The largest absolute Gasteiger partial charge is 0.480 e. The molecule has 1 aromatic carbocycles. The Morgan fingerprint density at radius 1 is 1.48 bits per heavy atom. The van der Waals surface area contributed by atoms with E-state index in [-0.39, 0.29) is 12.2 Å². The number of carbonyl (C=O) groups excluding carboxylic acids is 1. The van der Waals surface area contributed by atoms with E-state index in [0.717, 1.165) is 0 Å². The Labute approximate surface area is 126 Å². The predicted molar refractivity (Wildman–Crippen MR) is 80.3 cm³/mol. The molecule has 0 radical (unpaired) electrons. The monoisotopic (exact) mass is 312 g/mol. The lowest BCUT2D eigenvalue weighted by atomic mass is 10.2. The molecule has 1 aliphatic heterocycles. The molecule has 0 aliphatic carbocycles. The Morgan fingerprint density at radius 3 is 2.81 bits per heavy atom. The molecule has 114 valence electrons. The van der Waals surface area contributed by atoms with Crippen LogP contribution in [-0.4, -0.2) is 52.6 Å². The number of amides is 2. The zero-order valence-electron chi connectivity index (χ0n) is 11.7. The maximum absolute atomic E-state index is 13.9. The molecule has 1 heterocycles. The molecule has 0 saturated carbocycles. The summed E-state index contributed by atoms with van der Waals surface area (Å²) in [6.45, 7) is 2.36. The van der Waals surface area contributed by atoms with Gasteiger partial charge in [-0.1, -0.05) is 12.1 Å². The molecule has 7 heteroatoms. The second kappa shape index (κ2) is 6.80. The standard InChI is InChI=1S/C14H17FN2O3S/c1-2-16(11-6-4-3-5-10(11)15)14(20)17-7-8-21-9-12(17)13(18)19/h3-6,12H,2,7-9H2,1H3,(H,18,19). The van der Waals surface area contributed by atoms with Crippen molar-refractivity contribution in [3.05, 3.63) is 30.1 Å². The highest BCUT2D eigenvalue weighted by Gasteiger charge is 2.35. The molecule has 2 amide bonds. The smallest absolute Gasteiger partial charge is 0.327 e. The van der Waals surface area contributed by atoms with Crippen molar-refractivity contribution in [3.63, 3.8) is 0 Å². The van der Waals surface area contributed by atoms with Crippen molar-refractivity contribution in [1.29, 1.82) is 0 Å². The van der Waals surface area contributed by atoms with Crippen LogP contribution < -0.4 is 4.90 Å². The SMILES string of the molecule is CCN(C(=O)N1CCSCC1C(=O)O)c1ccccc1F. The minimum Gasteiger partial charge on any atom is -0.480 e. The van der Waals surface area contributed by atoms with Gasteiger partial charge in [0.2, 0.25) is 0 Å². The molecule has 0 spiro atoms. The number of thioether (sulfide) groups is 1. The molecule has 1 aromatic rings. The molecule has 0 bridgehead atoms. The van der Waals surface area contributed by atoms with Crippen LogP contribution in [0.3, 0.4) is 0 Å². The highest BCUT2D eigenvalue weighted by molar-refractivity contribution is 7.99. The van der Waals surface area contributed by atoms with Gasteiger partial charge in [0.05, 0.1) is 5.69 Å². The first kappa shape index (κ1) is 15.6. The molecule has 1 saturated heterocycles. The molecule has 1 fully saturated rings. The highest BCUT2D eigenvalue weighted by atomic mass is 32.2. The van der Waals surface area contributed by atoms with E-state index in [0.29, 0.717) is 18.1 Å². The summed E-state index contributed by atoms with van der Waals surface area (Å²) in [6.07, 6.45) is 0. The van der Waals surface area contributed by atoms with Crippen molar-refractivity contribution in [2.45, 2.75) is 13.0 Å². The van der Waals surface area contributed by atoms with Crippen LogP contribution in [0.5, 0.6) is 0 Å². The van der Waals surface area contributed by atoms with E-state index in [2.05, 4.69) is 0 Å². The van der Waals surface area contributed by atoms with Gasteiger partial charge in [-0.25, -0.2) is 14.0 Å². The molecule has 1 atom stereocenters. The van der Waals surface area contributed by atoms with Gasteiger partial charge < -0.3 is 10.0 Å². The Bertz CT molecular complexity index is 541. The van der Waals surface area contributed by atoms with Gasteiger partial charge in [0.25, 0.3) is 0 Å². The fourth-order valence-corrected chi connectivity index (χ4v) is 3.31. The average molecular weight is 312 g/mol. The lowest BCUT2D eigenvalue weighted by Gasteiger charge is -2.36. The molecule has 0 aromatic heterocycles. The van der Waals surface area contributed by atoms with Crippen LogP contribution >= 0.6 is 11.8 Å².